The van der Waals surface area contributed by atoms with Gasteiger partial charge in [-0.1, -0.05) is 0 Å². The number of nitrogens with zero attached hydrogens (tertiary/aromatic N) is 2. The SMILES string of the molecule is COc1cc2c(cc1OC)CN(c1cncc(C(=O)NC(C)C)c1)CC2. The summed E-state index contributed by atoms with van der Waals surface area (Å²) >= 11 is 0. The Hall–Kier alpha value is -2.76. The number of nitrogens with one attached hydrogen (secondary N) is 1. The molecule has 1 N–H and O–H groups in total. The van der Waals surface area contributed by atoms with E-state index in [1.54, 1.807) is 26.6 Å². The first-order chi connectivity index (χ1) is 12.5. The summed E-state index contributed by atoms with van der Waals surface area (Å²) in [6.45, 7) is 5.49. The molecule has 26 heavy (non-hydrogen) atoms. The zero-order chi connectivity index (χ0) is 18.7. The summed E-state index contributed by atoms with van der Waals surface area (Å²) in [6.07, 6.45) is 4.31. The van der Waals surface area contributed by atoms with Crippen molar-refractivity contribution in [1.29, 1.82) is 0 Å². The third kappa shape index (κ3) is 3.74. The van der Waals surface area contributed by atoms with Crippen molar-refractivity contribution >= 4 is 11.6 Å². The van der Waals surface area contributed by atoms with Crippen molar-refractivity contribution < 1.29 is 14.3 Å². The highest BCUT2D eigenvalue weighted by atomic mass is 16.5. The molecule has 2 aromatic rings. The maximum absolute atomic E-state index is 12.2. The van der Waals surface area contributed by atoms with Crippen LogP contribution in [0.3, 0.4) is 0 Å². The topological polar surface area (TPSA) is 63.7 Å². The van der Waals surface area contributed by atoms with Gasteiger partial charge in [-0.25, -0.2) is 0 Å². The van der Waals surface area contributed by atoms with E-state index in [0.717, 1.165) is 36.7 Å². The number of benzene rings is 1. The van der Waals surface area contributed by atoms with E-state index in [1.165, 1.54) is 11.1 Å². The van der Waals surface area contributed by atoms with Crippen molar-refractivity contribution in [3.05, 3.63) is 47.3 Å². The first-order valence-corrected chi connectivity index (χ1v) is 8.76. The molecular weight excluding hydrogens is 330 g/mol. The molecule has 2 heterocycles. The Morgan fingerprint density at radius 2 is 1.81 bits per heavy atom. The summed E-state index contributed by atoms with van der Waals surface area (Å²) in [5.41, 5.74) is 3.99. The molecule has 0 radical (unpaired) electrons. The molecule has 0 saturated heterocycles. The maximum Gasteiger partial charge on any atom is 0.253 e. The number of methoxy groups -OCH3 is 2. The van der Waals surface area contributed by atoms with Gasteiger partial charge in [0.25, 0.3) is 5.91 Å². The van der Waals surface area contributed by atoms with E-state index in [-0.39, 0.29) is 11.9 Å². The second kappa shape index (κ2) is 7.64. The van der Waals surface area contributed by atoms with Crippen molar-refractivity contribution in [1.82, 2.24) is 10.3 Å². The van der Waals surface area contributed by atoms with Gasteiger partial charge >= 0.3 is 0 Å². The lowest BCUT2D eigenvalue weighted by Gasteiger charge is -2.31. The number of rotatable bonds is 5. The number of hydrogen-bond donors (Lipinski definition) is 1. The van der Waals surface area contributed by atoms with Crippen molar-refractivity contribution in [2.75, 3.05) is 25.7 Å². The number of amides is 1. The lowest BCUT2D eigenvalue weighted by molar-refractivity contribution is 0.0943. The van der Waals surface area contributed by atoms with Gasteiger partial charge < -0.3 is 19.7 Å². The predicted octanol–water partition coefficient (Wildman–Crippen LogP) is 2.80. The lowest BCUT2D eigenvalue weighted by atomic mass is 9.98. The molecule has 0 saturated carbocycles. The van der Waals surface area contributed by atoms with E-state index in [0.29, 0.717) is 5.56 Å². The number of carbonyl (C=O) groups excluding carboxylic acids is 1. The van der Waals surface area contributed by atoms with Crippen molar-refractivity contribution in [3.63, 3.8) is 0 Å². The molecule has 6 nitrogen and oxygen atoms in total. The predicted molar refractivity (Wildman–Crippen MR) is 101 cm³/mol. The van der Waals surface area contributed by atoms with E-state index in [4.69, 9.17) is 9.47 Å². The average Bonchev–Trinajstić information content (AvgIpc) is 2.65. The first-order valence-electron chi connectivity index (χ1n) is 8.76. The number of carbonyl (C=O) groups is 1. The van der Waals surface area contributed by atoms with Crippen LogP contribution in [-0.4, -0.2) is 37.7 Å². The highest BCUT2D eigenvalue weighted by Gasteiger charge is 2.20. The van der Waals surface area contributed by atoms with E-state index in [1.807, 2.05) is 26.0 Å². The molecule has 0 unspecified atom stereocenters. The fraction of sp³-hybridized carbons (Fsp3) is 0.400. The number of anilines is 1. The summed E-state index contributed by atoms with van der Waals surface area (Å²) in [6, 6.07) is 6.07. The summed E-state index contributed by atoms with van der Waals surface area (Å²) in [4.78, 5) is 18.7. The summed E-state index contributed by atoms with van der Waals surface area (Å²) in [7, 11) is 3.30. The molecule has 1 aliphatic heterocycles. The van der Waals surface area contributed by atoms with E-state index in [9.17, 15) is 4.79 Å². The van der Waals surface area contributed by atoms with Crippen LogP contribution < -0.4 is 19.7 Å². The van der Waals surface area contributed by atoms with Crippen molar-refractivity contribution in [2.45, 2.75) is 32.9 Å². The first kappa shape index (κ1) is 18.0. The Morgan fingerprint density at radius 3 is 2.46 bits per heavy atom. The molecule has 0 atom stereocenters. The molecule has 138 valence electrons. The van der Waals surface area contributed by atoms with Gasteiger partial charge in [0, 0.05) is 25.3 Å². The number of aromatic nitrogens is 1. The van der Waals surface area contributed by atoms with Crippen LogP contribution in [0.4, 0.5) is 5.69 Å². The monoisotopic (exact) mass is 355 g/mol. The second-order valence-corrected chi connectivity index (χ2v) is 6.71. The van der Waals surface area contributed by atoms with E-state index in [2.05, 4.69) is 21.3 Å². The minimum absolute atomic E-state index is 0.0930. The fourth-order valence-electron chi connectivity index (χ4n) is 3.17. The quantitative estimate of drug-likeness (QED) is 0.893. The van der Waals surface area contributed by atoms with E-state index < -0.39 is 0 Å². The summed E-state index contributed by atoms with van der Waals surface area (Å²) < 4.78 is 10.8. The minimum Gasteiger partial charge on any atom is -0.493 e. The molecule has 0 aliphatic carbocycles. The zero-order valence-electron chi connectivity index (χ0n) is 15.7. The standard InChI is InChI=1S/C20H25N3O3/c1-13(2)22-20(24)15-7-17(11-21-10-15)23-6-5-14-8-18(25-3)19(26-4)9-16(14)12-23/h7-11,13H,5-6,12H2,1-4H3,(H,22,24). The van der Waals surface area contributed by atoms with Gasteiger partial charge in [0.05, 0.1) is 31.7 Å². The fourth-order valence-corrected chi connectivity index (χ4v) is 3.17. The summed E-state index contributed by atoms with van der Waals surface area (Å²) in [5, 5.41) is 2.90. The molecule has 6 heteroatoms. The molecule has 1 aromatic carbocycles. The highest BCUT2D eigenvalue weighted by Crippen LogP contribution is 2.34. The van der Waals surface area contributed by atoms with Crippen LogP contribution in [0, 0.1) is 0 Å². The summed E-state index contributed by atoms with van der Waals surface area (Å²) in [5.74, 6) is 1.39. The second-order valence-electron chi connectivity index (χ2n) is 6.71. The third-order valence-electron chi connectivity index (χ3n) is 4.49. The number of fused-ring (bicyclic) bond motifs is 1. The maximum atomic E-state index is 12.2. The van der Waals surface area contributed by atoms with Crippen molar-refractivity contribution in [3.8, 4) is 11.5 Å². The molecule has 0 bridgehead atoms. The normalized spacial score (nSPS) is 13.3. The lowest BCUT2D eigenvalue weighted by Crippen LogP contribution is -2.32. The van der Waals surface area contributed by atoms with Gasteiger partial charge in [0.1, 0.15) is 0 Å². The van der Waals surface area contributed by atoms with Crippen LogP contribution in [0.2, 0.25) is 0 Å². The van der Waals surface area contributed by atoms with Crippen LogP contribution >= 0.6 is 0 Å². The number of pyridine rings is 1. The Kier molecular flexibility index (Phi) is 5.30. The minimum atomic E-state index is -0.0989. The molecule has 0 fully saturated rings. The molecule has 1 aromatic heterocycles. The van der Waals surface area contributed by atoms with Gasteiger partial charge in [-0.15, -0.1) is 0 Å². The van der Waals surface area contributed by atoms with Crippen molar-refractivity contribution in [2.24, 2.45) is 0 Å². The third-order valence-corrected chi connectivity index (χ3v) is 4.49. The highest BCUT2D eigenvalue weighted by molar-refractivity contribution is 5.94. The molecule has 0 spiro atoms. The molecular formula is C20H25N3O3. The molecule has 1 amide bonds. The van der Waals surface area contributed by atoms with Gasteiger partial charge in [-0.05, 0) is 49.6 Å². The van der Waals surface area contributed by atoms with Gasteiger partial charge in [-0.3, -0.25) is 9.78 Å². The van der Waals surface area contributed by atoms with Gasteiger partial charge in [0.2, 0.25) is 0 Å². The molecule has 1 aliphatic rings. The number of hydrogen-bond acceptors (Lipinski definition) is 5. The smallest absolute Gasteiger partial charge is 0.253 e. The number of ether oxygens (including phenoxy) is 2. The Balaban J connectivity index is 1.83. The van der Waals surface area contributed by atoms with Gasteiger partial charge in [-0.2, -0.15) is 0 Å². The largest absolute Gasteiger partial charge is 0.493 e. The Labute approximate surface area is 154 Å². The van der Waals surface area contributed by atoms with E-state index >= 15 is 0 Å². The average molecular weight is 355 g/mol. The Morgan fingerprint density at radius 1 is 1.12 bits per heavy atom. The van der Waals surface area contributed by atoms with Gasteiger partial charge in [0.15, 0.2) is 11.5 Å². The van der Waals surface area contributed by atoms with Crippen LogP contribution in [0.15, 0.2) is 30.6 Å². The van der Waals surface area contributed by atoms with Crippen LogP contribution in [0.1, 0.15) is 35.3 Å². The van der Waals surface area contributed by atoms with Crippen LogP contribution in [0.5, 0.6) is 11.5 Å². The zero-order valence-corrected chi connectivity index (χ0v) is 15.7. The van der Waals surface area contributed by atoms with Crippen LogP contribution in [0.25, 0.3) is 0 Å². The Bertz CT molecular complexity index is 805. The molecule has 3 rings (SSSR count). The van der Waals surface area contributed by atoms with Crippen LogP contribution in [-0.2, 0) is 13.0 Å².